The van der Waals surface area contributed by atoms with Gasteiger partial charge < -0.3 is 15.1 Å². The third-order valence-corrected chi connectivity index (χ3v) is 3.41. The summed E-state index contributed by atoms with van der Waals surface area (Å²) in [6.45, 7) is 5.85. The maximum absolute atomic E-state index is 9.03. The van der Waals surface area contributed by atoms with Crippen LogP contribution in [0, 0.1) is 5.92 Å². The number of nitrogens with zero attached hydrogens (tertiary/aromatic N) is 1. The fourth-order valence-corrected chi connectivity index (χ4v) is 2.45. The first-order chi connectivity index (χ1) is 9.21. The lowest BCUT2D eigenvalue weighted by Crippen LogP contribution is -2.29. The predicted molar refractivity (Wildman–Crippen MR) is 80.6 cm³/mol. The molecule has 1 atom stereocenters. The number of aliphatic hydroxyl groups excluding tert-OH is 2. The summed E-state index contributed by atoms with van der Waals surface area (Å²) in [7, 11) is 0. The second-order valence-corrected chi connectivity index (χ2v) is 5.20. The summed E-state index contributed by atoms with van der Waals surface area (Å²) in [6.07, 6.45) is 3.62. The minimum absolute atomic E-state index is 0.106. The summed E-state index contributed by atoms with van der Waals surface area (Å²) in [5.41, 5.74) is 2.42. The fraction of sp³-hybridized carbons (Fsp3) is 0.625. The Hall–Kier alpha value is -1.06. The minimum atomic E-state index is 0.106. The summed E-state index contributed by atoms with van der Waals surface area (Å²) >= 11 is 0. The molecular weight excluding hydrogens is 238 g/mol. The third-order valence-electron chi connectivity index (χ3n) is 3.41. The Labute approximate surface area is 116 Å². The molecule has 2 N–H and O–H groups in total. The molecule has 19 heavy (non-hydrogen) atoms. The van der Waals surface area contributed by atoms with E-state index < -0.39 is 0 Å². The van der Waals surface area contributed by atoms with Crippen LogP contribution in [0.25, 0.3) is 0 Å². The van der Waals surface area contributed by atoms with Crippen molar-refractivity contribution in [3.05, 3.63) is 29.8 Å². The van der Waals surface area contributed by atoms with Gasteiger partial charge in [0, 0.05) is 18.8 Å². The van der Waals surface area contributed by atoms with Crippen molar-refractivity contribution >= 4 is 5.69 Å². The molecule has 1 rings (SSSR count). The van der Waals surface area contributed by atoms with Crippen molar-refractivity contribution in [2.45, 2.75) is 33.1 Å². The van der Waals surface area contributed by atoms with E-state index in [0.29, 0.717) is 13.1 Å². The van der Waals surface area contributed by atoms with Gasteiger partial charge in [-0.2, -0.15) is 0 Å². The zero-order valence-electron chi connectivity index (χ0n) is 12.2. The van der Waals surface area contributed by atoms with Crippen LogP contribution < -0.4 is 4.90 Å². The Morgan fingerprint density at radius 1 is 1.05 bits per heavy atom. The van der Waals surface area contributed by atoms with Gasteiger partial charge in [0.2, 0.25) is 0 Å². The van der Waals surface area contributed by atoms with Crippen molar-refractivity contribution < 1.29 is 10.2 Å². The minimum Gasteiger partial charge on any atom is -0.395 e. The van der Waals surface area contributed by atoms with Gasteiger partial charge in [0.05, 0.1) is 13.2 Å². The molecule has 0 spiro atoms. The van der Waals surface area contributed by atoms with Crippen molar-refractivity contribution in [2.75, 3.05) is 31.2 Å². The van der Waals surface area contributed by atoms with E-state index in [1.54, 1.807) is 0 Å². The van der Waals surface area contributed by atoms with Gasteiger partial charge in [-0.05, 0) is 30.0 Å². The van der Waals surface area contributed by atoms with Crippen molar-refractivity contribution in [3.8, 4) is 0 Å². The molecule has 0 aromatic heterocycles. The van der Waals surface area contributed by atoms with E-state index in [0.717, 1.165) is 18.0 Å². The van der Waals surface area contributed by atoms with Gasteiger partial charge in [-0.3, -0.25) is 0 Å². The first-order valence-corrected chi connectivity index (χ1v) is 7.26. The lowest BCUT2D eigenvalue weighted by Gasteiger charge is -2.23. The Kier molecular flexibility index (Phi) is 7.53. The van der Waals surface area contributed by atoms with E-state index in [4.69, 9.17) is 10.2 Å². The van der Waals surface area contributed by atoms with Crippen LogP contribution in [-0.4, -0.2) is 36.5 Å². The Bertz CT molecular complexity index is 331. The molecule has 108 valence electrons. The molecule has 1 aromatic rings. The number of rotatable bonds is 9. The molecule has 0 radical (unpaired) electrons. The molecule has 0 amide bonds. The smallest absolute Gasteiger partial charge is 0.0606 e. The highest BCUT2D eigenvalue weighted by atomic mass is 16.3. The number of aliphatic hydroxyl groups is 2. The fourth-order valence-electron chi connectivity index (χ4n) is 2.45. The Morgan fingerprint density at radius 2 is 1.63 bits per heavy atom. The molecule has 1 aromatic carbocycles. The average molecular weight is 265 g/mol. The van der Waals surface area contributed by atoms with Gasteiger partial charge in [0.15, 0.2) is 0 Å². The SMILES string of the molecule is CCCC(C)Cc1ccc(N(CCO)CCO)cc1. The Balaban J connectivity index is 2.63. The highest BCUT2D eigenvalue weighted by Gasteiger charge is 2.06. The van der Waals surface area contributed by atoms with Crippen molar-refractivity contribution in [2.24, 2.45) is 5.92 Å². The molecule has 0 heterocycles. The maximum Gasteiger partial charge on any atom is 0.0606 e. The first-order valence-electron chi connectivity index (χ1n) is 7.26. The molecule has 0 aliphatic carbocycles. The molecule has 0 bridgehead atoms. The highest BCUT2D eigenvalue weighted by Crippen LogP contribution is 2.18. The summed E-state index contributed by atoms with van der Waals surface area (Å²) < 4.78 is 0. The molecule has 0 aliphatic rings. The quantitative estimate of drug-likeness (QED) is 0.721. The van der Waals surface area contributed by atoms with Gasteiger partial charge in [0.25, 0.3) is 0 Å². The molecule has 0 saturated carbocycles. The third kappa shape index (κ3) is 5.62. The van der Waals surface area contributed by atoms with Gasteiger partial charge in [-0.15, -0.1) is 0 Å². The summed E-state index contributed by atoms with van der Waals surface area (Å²) in [4.78, 5) is 2.00. The molecule has 0 saturated heterocycles. The van der Waals surface area contributed by atoms with Crippen LogP contribution >= 0.6 is 0 Å². The van der Waals surface area contributed by atoms with E-state index in [1.165, 1.54) is 18.4 Å². The van der Waals surface area contributed by atoms with Gasteiger partial charge in [0.1, 0.15) is 0 Å². The van der Waals surface area contributed by atoms with Crippen LogP contribution in [0.5, 0.6) is 0 Å². The molecule has 3 nitrogen and oxygen atoms in total. The van der Waals surface area contributed by atoms with Crippen LogP contribution in [-0.2, 0) is 6.42 Å². The second kappa shape index (κ2) is 8.94. The lowest BCUT2D eigenvalue weighted by atomic mass is 9.97. The van der Waals surface area contributed by atoms with Gasteiger partial charge >= 0.3 is 0 Å². The molecule has 1 unspecified atom stereocenters. The van der Waals surface area contributed by atoms with E-state index in [1.807, 2.05) is 4.90 Å². The van der Waals surface area contributed by atoms with Crippen LogP contribution in [0.3, 0.4) is 0 Å². The zero-order chi connectivity index (χ0) is 14.1. The Morgan fingerprint density at radius 3 is 2.11 bits per heavy atom. The molecule has 0 aliphatic heterocycles. The monoisotopic (exact) mass is 265 g/mol. The zero-order valence-corrected chi connectivity index (χ0v) is 12.2. The van der Waals surface area contributed by atoms with Crippen molar-refractivity contribution in [1.82, 2.24) is 0 Å². The van der Waals surface area contributed by atoms with Crippen LogP contribution in [0.2, 0.25) is 0 Å². The van der Waals surface area contributed by atoms with Crippen LogP contribution in [0.15, 0.2) is 24.3 Å². The summed E-state index contributed by atoms with van der Waals surface area (Å²) in [6, 6.07) is 8.48. The number of hydrogen-bond acceptors (Lipinski definition) is 3. The second-order valence-electron chi connectivity index (χ2n) is 5.20. The molecular formula is C16H27NO2. The predicted octanol–water partition coefficient (Wildman–Crippen LogP) is 2.46. The maximum atomic E-state index is 9.03. The molecule has 3 heteroatoms. The lowest BCUT2D eigenvalue weighted by molar-refractivity contribution is 0.281. The van der Waals surface area contributed by atoms with Crippen molar-refractivity contribution in [1.29, 1.82) is 0 Å². The highest BCUT2D eigenvalue weighted by molar-refractivity contribution is 5.47. The van der Waals surface area contributed by atoms with Crippen LogP contribution in [0.4, 0.5) is 5.69 Å². The van der Waals surface area contributed by atoms with Crippen LogP contribution in [0.1, 0.15) is 32.3 Å². The topological polar surface area (TPSA) is 43.7 Å². The average Bonchev–Trinajstić information content (AvgIpc) is 2.40. The van der Waals surface area contributed by atoms with E-state index in [9.17, 15) is 0 Å². The number of anilines is 1. The van der Waals surface area contributed by atoms with Crippen molar-refractivity contribution in [3.63, 3.8) is 0 Å². The molecule has 0 fully saturated rings. The summed E-state index contributed by atoms with van der Waals surface area (Å²) in [5, 5.41) is 18.1. The van der Waals surface area contributed by atoms with E-state index >= 15 is 0 Å². The van der Waals surface area contributed by atoms with Gasteiger partial charge in [-0.25, -0.2) is 0 Å². The van der Waals surface area contributed by atoms with E-state index in [-0.39, 0.29) is 13.2 Å². The normalized spacial score (nSPS) is 12.4. The van der Waals surface area contributed by atoms with Gasteiger partial charge in [-0.1, -0.05) is 38.8 Å². The number of benzene rings is 1. The standard InChI is InChI=1S/C16H27NO2/c1-3-4-14(2)13-15-5-7-16(8-6-15)17(9-11-18)10-12-19/h5-8,14,18-19H,3-4,9-13H2,1-2H3. The summed E-state index contributed by atoms with van der Waals surface area (Å²) in [5.74, 6) is 0.724. The first kappa shape index (κ1) is 16.0. The number of hydrogen-bond donors (Lipinski definition) is 2. The largest absolute Gasteiger partial charge is 0.395 e. The van der Waals surface area contributed by atoms with E-state index in [2.05, 4.69) is 38.1 Å².